The summed E-state index contributed by atoms with van der Waals surface area (Å²) in [6.07, 6.45) is 0.979. The molecule has 17 heavy (non-hydrogen) atoms. The first-order chi connectivity index (χ1) is 8.00. The minimum atomic E-state index is -0.0485. The third-order valence-corrected chi connectivity index (χ3v) is 3.46. The second kappa shape index (κ2) is 4.52. The molecule has 0 aliphatic rings. The molecule has 0 N–H and O–H groups in total. The van der Waals surface area contributed by atoms with Gasteiger partial charge in [-0.25, -0.2) is 9.67 Å². The van der Waals surface area contributed by atoms with Crippen molar-refractivity contribution >= 4 is 11.3 Å². The molecule has 0 aliphatic heterocycles. The van der Waals surface area contributed by atoms with Gasteiger partial charge in [0.05, 0.1) is 17.2 Å². The molecule has 0 amide bonds. The highest BCUT2D eigenvalue weighted by Crippen LogP contribution is 2.19. The Balaban J connectivity index is 2.22. The smallest absolute Gasteiger partial charge is 0.157 e. The Morgan fingerprint density at radius 3 is 2.71 bits per heavy atom. The van der Waals surface area contributed by atoms with E-state index in [1.165, 1.54) is 0 Å². The summed E-state index contributed by atoms with van der Waals surface area (Å²) in [5.41, 5.74) is 0.984. The fourth-order valence-corrected chi connectivity index (χ4v) is 2.32. The number of tetrazole rings is 1. The lowest BCUT2D eigenvalue weighted by Crippen LogP contribution is -2.20. The number of hydrogen-bond donors (Lipinski definition) is 0. The Bertz CT molecular complexity index is 494. The second-order valence-corrected chi connectivity index (χ2v) is 5.94. The Morgan fingerprint density at radius 2 is 2.12 bits per heavy atom. The molecule has 0 aromatic carbocycles. The molecule has 5 nitrogen and oxygen atoms in total. The first-order valence-electron chi connectivity index (χ1n) is 5.70. The SMILES string of the molecule is CCc1nc(Cn2nnnc2C(C)(C)C)cs1. The van der Waals surface area contributed by atoms with E-state index in [0.29, 0.717) is 6.54 Å². The van der Waals surface area contributed by atoms with Gasteiger partial charge in [0.25, 0.3) is 0 Å². The number of aryl methyl sites for hydroxylation is 1. The maximum Gasteiger partial charge on any atom is 0.157 e. The molecule has 2 heterocycles. The Hall–Kier alpha value is -1.30. The van der Waals surface area contributed by atoms with Crippen LogP contribution >= 0.6 is 11.3 Å². The van der Waals surface area contributed by atoms with E-state index in [-0.39, 0.29) is 5.41 Å². The molecule has 2 rings (SSSR count). The minimum Gasteiger partial charge on any atom is -0.244 e. The maximum absolute atomic E-state index is 4.53. The molecule has 2 aromatic rings. The van der Waals surface area contributed by atoms with Gasteiger partial charge in [0, 0.05) is 10.8 Å². The summed E-state index contributed by atoms with van der Waals surface area (Å²) in [6, 6.07) is 0. The van der Waals surface area contributed by atoms with E-state index >= 15 is 0 Å². The standard InChI is InChI=1S/C11H17N5S/c1-5-9-12-8(7-17-9)6-16-10(11(2,3)4)13-14-15-16/h7H,5-6H2,1-4H3. The lowest BCUT2D eigenvalue weighted by Gasteiger charge is -2.16. The lowest BCUT2D eigenvalue weighted by molar-refractivity contribution is 0.488. The van der Waals surface area contributed by atoms with Crippen molar-refractivity contribution in [2.45, 2.75) is 46.1 Å². The van der Waals surface area contributed by atoms with Crippen molar-refractivity contribution in [3.63, 3.8) is 0 Å². The largest absolute Gasteiger partial charge is 0.244 e. The third kappa shape index (κ3) is 2.69. The van der Waals surface area contributed by atoms with Crippen LogP contribution in [-0.4, -0.2) is 25.2 Å². The molecule has 0 fully saturated rings. The maximum atomic E-state index is 4.53. The highest BCUT2D eigenvalue weighted by Gasteiger charge is 2.22. The van der Waals surface area contributed by atoms with E-state index in [1.807, 2.05) is 4.68 Å². The summed E-state index contributed by atoms with van der Waals surface area (Å²) < 4.78 is 1.83. The van der Waals surface area contributed by atoms with Crippen LogP contribution in [0.4, 0.5) is 0 Å². The number of thiazole rings is 1. The molecule has 0 radical (unpaired) electrons. The van der Waals surface area contributed by atoms with E-state index in [9.17, 15) is 0 Å². The van der Waals surface area contributed by atoms with Crippen molar-refractivity contribution in [2.24, 2.45) is 0 Å². The van der Waals surface area contributed by atoms with Gasteiger partial charge in [0.2, 0.25) is 0 Å². The molecule has 92 valence electrons. The second-order valence-electron chi connectivity index (χ2n) is 5.00. The Kier molecular flexibility index (Phi) is 3.24. The number of rotatable bonds is 3. The van der Waals surface area contributed by atoms with Gasteiger partial charge in [-0.3, -0.25) is 0 Å². The van der Waals surface area contributed by atoms with Crippen LogP contribution in [0.5, 0.6) is 0 Å². The van der Waals surface area contributed by atoms with Crippen molar-refractivity contribution in [3.05, 3.63) is 21.9 Å². The Morgan fingerprint density at radius 1 is 1.35 bits per heavy atom. The number of aromatic nitrogens is 5. The van der Waals surface area contributed by atoms with Crippen molar-refractivity contribution in [2.75, 3.05) is 0 Å². The third-order valence-electron chi connectivity index (χ3n) is 2.42. The fourth-order valence-electron chi connectivity index (χ4n) is 1.59. The van der Waals surface area contributed by atoms with Gasteiger partial charge in [0.1, 0.15) is 0 Å². The molecule has 0 spiro atoms. The van der Waals surface area contributed by atoms with Gasteiger partial charge >= 0.3 is 0 Å². The van der Waals surface area contributed by atoms with Crippen LogP contribution in [0.1, 0.15) is 44.2 Å². The van der Waals surface area contributed by atoms with Gasteiger partial charge in [0.15, 0.2) is 5.82 Å². The van der Waals surface area contributed by atoms with Crippen LogP contribution in [0.25, 0.3) is 0 Å². The summed E-state index contributed by atoms with van der Waals surface area (Å²) >= 11 is 1.69. The normalized spacial score (nSPS) is 12.0. The number of hydrogen-bond acceptors (Lipinski definition) is 5. The van der Waals surface area contributed by atoms with Crippen molar-refractivity contribution < 1.29 is 0 Å². The molecule has 0 saturated heterocycles. The first kappa shape index (κ1) is 12.2. The zero-order valence-electron chi connectivity index (χ0n) is 10.6. The van der Waals surface area contributed by atoms with Gasteiger partial charge < -0.3 is 0 Å². The van der Waals surface area contributed by atoms with E-state index in [0.717, 1.165) is 22.9 Å². The van der Waals surface area contributed by atoms with Crippen LogP contribution in [0.3, 0.4) is 0 Å². The average molecular weight is 251 g/mol. The molecule has 0 unspecified atom stereocenters. The molecule has 0 saturated carbocycles. The van der Waals surface area contributed by atoms with E-state index in [4.69, 9.17) is 0 Å². The van der Waals surface area contributed by atoms with Gasteiger partial charge in [-0.1, -0.05) is 27.7 Å². The molecule has 0 atom stereocenters. The zero-order valence-corrected chi connectivity index (χ0v) is 11.5. The van der Waals surface area contributed by atoms with Crippen molar-refractivity contribution in [1.82, 2.24) is 25.2 Å². The lowest BCUT2D eigenvalue weighted by atomic mass is 9.96. The molecule has 0 aliphatic carbocycles. The molecule has 2 aromatic heterocycles. The van der Waals surface area contributed by atoms with E-state index in [2.05, 4.69) is 53.6 Å². The summed E-state index contributed by atoms with van der Waals surface area (Å²) in [7, 11) is 0. The van der Waals surface area contributed by atoms with E-state index < -0.39 is 0 Å². The molecule has 6 heteroatoms. The summed E-state index contributed by atoms with van der Waals surface area (Å²) in [5.74, 6) is 0.892. The van der Waals surface area contributed by atoms with Crippen LogP contribution in [0.15, 0.2) is 5.38 Å². The summed E-state index contributed by atoms with van der Waals surface area (Å²) in [4.78, 5) is 4.53. The fraction of sp³-hybridized carbons (Fsp3) is 0.636. The van der Waals surface area contributed by atoms with Gasteiger partial charge in [-0.2, -0.15) is 0 Å². The minimum absolute atomic E-state index is 0.0485. The highest BCUT2D eigenvalue weighted by molar-refractivity contribution is 7.09. The predicted octanol–water partition coefficient (Wildman–Crippen LogP) is 2.04. The van der Waals surface area contributed by atoms with Crippen molar-refractivity contribution in [1.29, 1.82) is 0 Å². The Labute approximate surface area is 105 Å². The van der Waals surface area contributed by atoms with E-state index in [1.54, 1.807) is 11.3 Å². The zero-order chi connectivity index (χ0) is 12.5. The van der Waals surface area contributed by atoms with Crippen LogP contribution in [0, 0.1) is 0 Å². The van der Waals surface area contributed by atoms with Crippen LogP contribution in [-0.2, 0) is 18.4 Å². The summed E-state index contributed by atoms with van der Waals surface area (Å²) in [6.45, 7) is 9.07. The molecule has 0 bridgehead atoms. The average Bonchev–Trinajstić information content (AvgIpc) is 2.85. The van der Waals surface area contributed by atoms with Crippen LogP contribution in [0.2, 0.25) is 0 Å². The predicted molar refractivity (Wildman–Crippen MR) is 67.1 cm³/mol. The van der Waals surface area contributed by atoms with Gasteiger partial charge in [-0.05, 0) is 16.8 Å². The molecular formula is C11H17N5S. The quantitative estimate of drug-likeness (QED) is 0.837. The molecular weight excluding hydrogens is 234 g/mol. The summed E-state index contributed by atoms with van der Waals surface area (Å²) in [5, 5.41) is 15.1. The van der Waals surface area contributed by atoms with Gasteiger partial charge in [-0.15, -0.1) is 16.4 Å². The topological polar surface area (TPSA) is 56.5 Å². The van der Waals surface area contributed by atoms with Crippen molar-refractivity contribution in [3.8, 4) is 0 Å². The monoisotopic (exact) mass is 251 g/mol. The highest BCUT2D eigenvalue weighted by atomic mass is 32.1. The first-order valence-corrected chi connectivity index (χ1v) is 6.58. The van der Waals surface area contributed by atoms with Crippen LogP contribution < -0.4 is 0 Å². The number of nitrogens with zero attached hydrogens (tertiary/aromatic N) is 5.